The zero-order chi connectivity index (χ0) is 17.4. The first-order valence-electron chi connectivity index (χ1n) is 9.13. The van der Waals surface area contributed by atoms with Gasteiger partial charge in [-0.2, -0.15) is 0 Å². The number of fused-ring (bicyclic) bond motifs is 2. The molecule has 3 aliphatic rings. The molecule has 0 atom stereocenters. The van der Waals surface area contributed by atoms with Crippen LogP contribution in [-0.2, 0) is 16.1 Å². The molecular formula is C19H25N3O3. The van der Waals surface area contributed by atoms with Crippen molar-refractivity contribution >= 4 is 11.8 Å². The van der Waals surface area contributed by atoms with Crippen molar-refractivity contribution in [2.75, 3.05) is 26.3 Å². The monoisotopic (exact) mass is 343 g/mol. The van der Waals surface area contributed by atoms with Crippen molar-refractivity contribution < 1.29 is 14.3 Å². The minimum absolute atomic E-state index is 0.0392. The normalized spacial score (nSPS) is 29.1. The molecule has 0 aromatic heterocycles. The zero-order valence-corrected chi connectivity index (χ0v) is 14.4. The van der Waals surface area contributed by atoms with Crippen LogP contribution < -0.4 is 5.73 Å². The van der Waals surface area contributed by atoms with Crippen LogP contribution in [0.15, 0.2) is 24.3 Å². The van der Waals surface area contributed by atoms with Crippen LogP contribution in [0.25, 0.3) is 0 Å². The Morgan fingerprint density at radius 2 is 1.84 bits per heavy atom. The predicted octanol–water partition coefficient (Wildman–Crippen LogP) is 1.14. The van der Waals surface area contributed by atoms with Gasteiger partial charge in [-0.25, -0.2) is 0 Å². The van der Waals surface area contributed by atoms with Crippen LogP contribution in [0.2, 0.25) is 0 Å². The number of carbonyl (C=O) groups excluding carboxylic acids is 2. The van der Waals surface area contributed by atoms with E-state index in [9.17, 15) is 9.59 Å². The molecule has 4 rings (SSSR count). The van der Waals surface area contributed by atoms with Crippen LogP contribution in [0.4, 0.5) is 0 Å². The highest BCUT2D eigenvalue weighted by atomic mass is 16.5. The molecule has 2 N–H and O–H groups in total. The quantitative estimate of drug-likeness (QED) is 0.889. The lowest BCUT2D eigenvalue weighted by molar-refractivity contribution is -0.126. The summed E-state index contributed by atoms with van der Waals surface area (Å²) in [5.41, 5.74) is 6.66. The number of amides is 2. The molecule has 0 radical (unpaired) electrons. The van der Waals surface area contributed by atoms with Crippen LogP contribution in [0.5, 0.6) is 0 Å². The van der Waals surface area contributed by atoms with Gasteiger partial charge in [0.2, 0.25) is 5.91 Å². The highest BCUT2D eigenvalue weighted by Crippen LogP contribution is 2.47. The molecule has 3 saturated heterocycles. The molecule has 2 amide bonds. The zero-order valence-electron chi connectivity index (χ0n) is 14.4. The van der Waals surface area contributed by atoms with Gasteiger partial charge in [0.05, 0.1) is 13.2 Å². The molecule has 1 aromatic rings. The van der Waals surface area contributed by atoms with E-state index in [0.717, 1.165) is 51.3 Å². The average molecular weight is 343 g/mol. The lowest BCUT2D eigenvalue weighted by atomic mass is 9.87. The van der Waals surface area contributed by atoms with Crippen LogP contribution in [0, 0.1) is 0 Å². The fourth-order valence-electron chi connectivity index (χ4n) is 4.65. The van der Waals surface area contributed by atoms with Crippen LogP contribution >= 0.6 is 0 Å². The van der Waals surface area contributed by atoms with Crippen molar-refractivity contribution in [2.45, 2.75) is 43.8 Å². The number of morpholine rings is 1. The van der Waals surface area contributed by atoms with Gasteiger partial charge in [-0.1, -0.05) is 18.2 Å². The third kappa shape index (κ3) is 2.73. The fraction of sp³-hybridized carbons (Fsp3) is 0.579. The van der Waals surface area contributed by atoms with E-state index >= 15 is 0 Å². The lowest BCUT2D eigenvalue weighted by Crippen LogP contribution is -2.54. The summed E-state index contributed by atoms with van der Waals surface area (Å²) in [5.74, 6) is -0.394. The Bertz CT molecular complexity index is 676. The summed E-state index contributed by atoms with van der Waals surface area (Å²) in [4.78, 5) is 29.6. The van der Waals surface area contributed by atoms with Gasteiger partial charge in [0.25, 0.3) is 5.91 Å². The van der Waals surface area contributed by atoms with Crippen molar-refractivity contribution in [1.82, 2.24) is 9.80 Å². The Morgan fingerprint density at radius 1 is 1.16 bits per heavy atom. The first-order valence-corrected chi connectivity index (χ1v) is 9.13. The van der Waals surface area contributed by atoms with E-state index in [4.69, 9.17) is 10.5 Å². The molecule has 25 heavy (non-hydrogen) atoms. The molecule has 6 heteroatoms. The molecule has 134 valence electrons. The Kier molecular flexibility index (Phi) is 4.25. The summed E-state index contributed by atoms with van der Waals surface area (Å²) in [7, 11) is 0. The lowest BCUT2D eigenvalue weighted by Gasteiger charge is -2.33. The van der Waals surface area contributed by atoms with Gasteiger partial charge in [0, 0.05) is 31.2 Å². The van der Waals surface area contributed by atoms with E-state index in [0.29, 0.717) is 18.4 Å². The van der Waals surface area contributed by atoms with Crippen molar-refractivity contribution in [3.63, 3.8) is 0 Å². The number of hydrogen-bond acceptors (Lipinski definition) is 4. The molecule has 0 spiro atoms. The molecule has 6 nitrogen and oxygen atoms in total. The number of hydrogen-bond donors (Lipinski definition) is 1. The van der Waals surface area contributed by atoms with E-state index in [1.54, 1.807) is 4.90 Å². The SMILES string of the molecule is NC(=O)C12CCC(CC1)N2C(=O)c1ccccc1CN1CCOCC1. The number of nitrogens with zero attached hydrogens (tertiary/aromatic N) is 2. The van der Waals surface area contributed by atoms with Gasteiger partial charge in [0.15, 0.2) is 0 Å². The fourth-order valence-corrected chi connectivity index (χ4v) is 4.65. The van der Waals surface area contributed by atoms with E-state index in [1.807, 2.05) is 24.3 Å². The molecule has 0 saturated carbocycles. The molecule has 2 bridgehead atoms. The molecule has 0 unspecified atom stereocenters. The van der Waals surface area contributed by atoms with Gasteiger partial charge >= 0.3 is 0 Å². The Morgan fingerprint density at radius 3 is 2.52 bits per heavy atom. The summed E-state index contributed by atoms with van der Waals surface area (Å²) in [6.07, 6.45) is 3.15. The van der Waals surface area contributed by atoms with E-state index in [2.05, 4.69) is 4.90 Å². The number of benzene rings is 1. The molecular weight excluding hydrogens is 318 g/mol. The van der Waals surface area contributed by atoms with Gasteiger partial charge < -0.3 is 15.4 Å². The van der Waals surface area contributed by atoms with E-state index in [1.165, 1.54) is 0 Å². The van der Waals surface area contributed by atoms with Gasteiger partial charge in [-0.05, 0) is 37.3 Å². The summed E-state index contributed by atoms with van der Waals surface area (Å²) in [5, 5.41) is 0. The second kappa shape index (κ2) is 6.42. The number of carbonyl (C=O) groups is 2. The summed E-state index contributed by atoms with van der Waals surface area (Å²) >= 11 is 0. The standard InChI is InChI=1S/C19H25N3O3/c20-18(24)19-7-5-15(6-8-19)22(19)17(23)16-4-2-1-3-14(16)13-21-9-11-25-12-10-21/h1-4,15H,5-13H2,(H2,20,24). The molecule has 3 fully saturated rings. The van der Waals surface area contributed by atoms with Crippen molar-refractivity contribution in [2.24, 2.45) is 5.73 Å². The second-order valence-electron chi connectivity index (χ2n) is 7.35. The number of primary amides is 1. The molecule has 1 aromatic carbocycles. The van der Waals surface area contributed by atoms with Crippen molar-refractivity contribution in [3.05, 3.63) is 35.4 Å². The van der Waals surface area contributed by atoms with E-state index < -0.39 is 5.54 Å². The van der Waals surface area contributed by atoms with Crippen molar-refractivity contribution in [1.29, 1.82) is 0 Å². The highest BCUT2D eigenvalue weighted by Gasteiger charge is 2.57. The topological polar surface area (TPSA) is 75.9 Å². The molecule has 3 heterocycles. The maximum atomic E-state index is 13.4. The summed E-state index contributed by atoms with van der Waals surface area (Å²) in [6, 6.07) is 7.90. The predicted molar refractivity (Wildman–Crippen MR) is 92.9 cm³/mol. The largest absolute Gasteiger partial charge is 0.379 e. The maximum absolute atomic E-state index is 13.4. The smallest absolute Gasteiger partial charge is 0.255 e. The number of nitrogens with two attached hydrogens (primary N) is 1. The maximum Gasteiger partial charge on any atom is 0.255 e. The summed E-state index contributed by atoms with van der Waals surface area (Å²) in [6.45, 7) is 3.94. The number of ether oxygens (including phenoxy) is 1. The van der Waals surface area contributed by atoms with Crippen molar-refractivity contribution in [3.8, 4) is 0 Å². The minimum Gasteiger partial charge on any atom is -0.379 e. The van der Waals surface area contributed by atoms with Gasteiger partial charge in [0.1, 0.15) is 5.54 Å². The summed E-state index contributed by atoms with van der Waals surface area (Å²) < 4.78 is 5.40. The first kappa shape index (κ1) is 16.5. The van der Waals surface area contributed by atoms with Crippen LogP contribution in [-0.4, -0.2) is 59.5 Å². The third-order valence-electron chi connectivity index (χ3n) is 6.03. The Labute approximate surface area is 147 Å². The first-order chi connectivity index (χ1) is 12.1. The van der Waals surface area contributed by atoms with Crippen LogP contribution in [0.1, 0.15) is 41.6 Å². The molecule has 3 aliphatic heterocycles. The number of rotatable bonds is 4. The Hall–Kier alpha value is -1.92. The van der Waals surface area contributed by atoms with E-state index in [-0.39, 0.29) is 17.9 Å². The minimum atomic E-state index is -0.770. The van der Waals surface area contributed by atoms with Gasteiger partial charge in [-0.3, -0.25) is 14.5 Å². The second-order valence-corrected chi connectivity index (χ2v) is 7.35. The molecule has 0 aliphatic carbocycles. The average Bonchev–Trinajstić information content (AvgIpc) is 3.20. The Balaban J connectivity index is 1.61. The third-order valence-corrected chi connectivity index (χ3v) is 6.03. The van der Waals surface area contributed by atoms with Gasteiger partial charge in [-0.15, -0.1) is 0 Å². The highest BCUT2D eigenvalue weighted by molar-refractivity contribution is 6.01. The van der Waals surface area contributed by atoms with Crippen LogP contribution in [0.3, 0.4) is 0 Å².